The highest BCUT2D eigenvalue weighted by Gasteiger charge is 2.43. The average molecular weight is 381 g/mol. The molecule has 7 heteroatoms. The lowest BCUT2D eigenvalue weighted by molar-refractivity contribution is -0.117. The minimum absolute atomic E-state index is 0.00644. The predicted octanol–water partition coefficient (Wildman–Crippen LogP) is 4.06. The van der Waals surface area contributed by atoms with Gasteiger partial charge in [0.2, 0.25) is 11.8 Å². The number of hydrogen-bond acceptors (Lipinski definition) is 4. The van der Waals surface area contributed by atoms with Crippen molar-refractivity contribution in [3.63, 3.8) is 0 Å². The van der Waals surface area contributed by atoms with Crippen LogP contribution in [0.15, 0.2) is 30.3 Å². The Morgan fingerprint density at radius 3 is 2.93 bits per heavy atom. The molecule has 0 saturated heterocycles. The lowest BCUT2D eigenvalue weighted by atomic mass is 9.93. The number of alkyl halides is 1. The molecular weight excluding hydrogens is 365 g/mol. The van der Waals surface area contributed by atoms with Crippen molar-refractivity contribution in [1.82, 2.24) is 4.98 Å². The zero-order chi connectivity index (χ0) is 18.7. The molecule has 2 amide bonds. The second kappa shape index (κ2) is 5.85. The molecule has 1 aromatic heterocycles. The first-order chi connectivity index (χ1) is 13.0. The van der Waals surface area contributed by atoms with E-state index in [4.69, 9.17) is 0 Å². The fraction of sp³-hybridized carbons (Fsp3) is 0.250. The molecular formula is C20H16FN3O2S. The van der Waals surface area contributed by atoms with E-state index in [9.17, 15) is 14.0 Å². The highest BCUT2D eigenvalue weighted by atomic mass is 32.1. The summed E-state index contributed by atoms with van der Waals surface area (Å²) in [5.41, 5.74) is 5.84. The van der Waals surface area contributed by atoms with Gasteiger partial charge in [0.25, 0.3) is 0 Å². The van der Waals surface area contributed by atoms with E-state index in [-0.39, 0.29) is 11.8 Å². The van der Waals surface area contributed by atoms with Gasteiger partial charge >= 0.3 is 0 Å². The van der Waals surface area contributed by atoms with Gasteiger partial charge in [-0.1, -0.05) is 23.5 Å². The number of carbonyl (C=O) groups is 2. The number of hydrogen-bond donors (Lipinski definition) is 2. The van der Waals surface area contributed by atoms with Crippen molar-refractivity contribution >= 4 is 44.2 Å². The van der Waals surface area contributed by atoms with Crippen LogP contribution in [0.1, 0.15) is 17.5 Å². The van der Waals surface area contributed by atoms with E-state index in [1.54, 1.807) is 0 Å². The maximum atomic E-state index is 13.0. The summed E-state index contributed by atoms with van der Waals surface area (Å²) < 4.78 is 14.0. The number of amides is 2. The number of halogens is 1. The molecule has 1 aliphatic heterocycles. The standard InChI is InChI=1S/C20H16FN3O2S/c1-9-2-4-14-12(8-17(25)22-14)18(9)10-3-5-15-16(6-10)27-20(23-15)24-19(26)11-7-13(11)21/h2-6,11,13H,7-8H2,1H3,(H,22,25)(H,23,24,26). The number of aryl methyl sites for hydroxylation is 1. The maximum absolute atomic E-state index is 13.0. The van der Waals surface area contributed by atoms with E-state index in [1.165, 1.54) is 11.3 Å². The zero-order valence-electron chi connectivity index (χ0n) is 14.5. The molecule has 1 saturated carbocycles. The summed E-state index contributed by atoms with van der Waals surface area (Å²) in [7, 11) is 0. The van der Waals surface area contributed by atoms with E-state index in [0.717, 1.165) is 38.2 Å². The van der Waals surface area contributed by atoms with Crippen LogP contribution in [0.25, 0.3) is 21.3 Å². The van der Waals surface area contributed by atoms with Crippen molar-refractivity contribution in [2.75, 3.05) is 10.6 Å². The highest BCUT2D eigenvalue weighted by molar-refractivity contribution is 7.22. The quantitative estimate of drug-likeness (QED) is 0.719. The first kappa shape index (κ1) is 16.4. The number of anilines is 2. The van der Waals surface area contributed by atoms with Crippen molar-refractivity contribution < 1.29 is 14.0 Å². The van der Waals surface area contributed by atoms with Crippen LogP contribution in [0.2, 0.25) is 0 Å². The summed E-state index contributed by atoms with van der Waals surface area (Å²) in [6, 6.07) is 9.87. The summed E-state index contributed by atoms with van der Waals surface area (Å²) in [6.45, 7) is 2.03. The maximum Gasteiger partial charge on any atom is 0.232 e. The molecule has 5 nitrogen and oxygen atoms in total. The summed E-state index contributed by atoms with van der Waals surface area (Å²) in [4.78, 5) is 28.2. The van der Waals surface area contributed by atoms with Crippen LogP contribution in [0.3, 0.4) is 0 Å². The molecule has 2 atom stereocenters. The van der Waals surface area contributed by atoms with Gasteiger partial charge in [-0.25, -0.2) is 9.37 Å². The molecule has 2 unspecified atom stereocenters. The average Bonchev–Trinajstić information content (AvgIpc) is 3.05. The largest absolute Gasteiger partial charge is 0.326 e. The first-order valence-electron chi connectivity index (χ1n) is 8.78. The molecule has 2 aliphatic rings. The number of aromatic nitrogens is 1. The van der Waals surface area contributed by atoms with E-state index in [1.807, 2.05) is 37.3 Å². The predicted molar refractivity (Wildman–Crippen MR) is 104 cm³/mol. The van der Waals surface area contributed by atoms with Crippen LogP contribution in [-0.2, 0) is 16.0 Å². The first-order valence-corrected chi connectivity index (χ1v) is 9.59. The molecule has 3 aromatic rings. The number of fused-ring (bicyclic) bond motifs is 2. The summed E-state index contributed by atoms with van der Waals surface area (Å²) in [5.74, 6) is -0.831. The molecule has 5 rings (SSSR count). The zero-order valence-corrected chi connectivity index (χ0v) is 15.3. The summed E-state index contributed by atoms with van der Waals surface area (Å²) in [6.07, 6.45) is -0.350. The molecule has 0 bridgehead atoms. The van der Waals surface area contributed by atoms with Crippen molar-refractivity contribution in [3.05, 3.63) is 41.5 Å². The van der Waals surface area contributed by atoms with Gasteiger partial charge in [-0.05, 0) is 53.8 Å². The molecule has 0 spiro atoms. The Hall–Kier alpha value is -2.80. The summed E-state index contributed by atoms with van der Waals surface area (Å²) in [5, 5.41) is 6.09. The second-order valence-corrected chi connectivity index (χ2v) is 8.09. The van der Waals surface area contributed by atoms with Gasteiger partial charge in [-0.3, -0.25) is 9.59 Å². The number of thiazole rings is 1. The number of nitrogens with zero attached hydrogens (tertiary/aromatic N) is 1. The SMILES string of the molecule is Cc1ccc2c(c1-c1ccc3nc(NC(=O)C4CC4F)sc3c1)CC(=O)N2. The van der Waals surface area contributed by atoms with E-state index >= 15 is 0 Å². The van der Waals surface area contributed by atoms with Gasteiger partial charge in [0.1, 0.15) is 6.17 Å². The Morgan fingerprint density at radius 1 is 1.33 bits per heavy atom. The van der Waals surface area contributed by atoms with Gasteiger partial charge in [0.05, 0.1) is 22.6 Å². The van der Waals surface area contributed by atoms with Crippen LogP contribution in [0, 0.1) is 12.8 Å². The number of carbonyl (C=O) groups excluding carboxylic acids is 2. The van der Waals surface area contributed by atoms with E-state index in [2.05, 4.69) is 15.6 Å². The van der Waals surface area contributed by atoms with Crippen LogP contribution in [0.5, 0.6) is 0 Å². The van der Waals surface area contributed by atoms with Crippen LogP contribution >= 0.6 is 11.3 Å². The lowest BCUT2D eigenvalue weighted by Gasteiger charge is -2.11. The Labute approximate surface area is 158 Å². The number of nitrogens with one attached hydrogen (secondary N) is 2. The monoisotopic (exact) mass is 381 g/mol. The van der Waals surface area contributed by atoms with Crippen molar-refractivity contribution in [1.29, 1.82) is 0 Å². The molecule has 2 aromatic carbocycles. The minimum atomic E-state index is -1.02. The number of rotatable bonds is 3. The second-order valence-electron chi connectivity index (χ2n) is 7.06. The van der Waals surface area contributed by atoms with Crippen molar-refractivity contribution in [3.8, 4) is 11.1 Å². The Bertz CT molecular complexity index is 1120. The molecule has 27 heavy (non-hydrogen) atoms. The fourth-order valence-electron chi connectivity index (χ4n) is 3.59. The molecule has 2 heterocycles. The third kappa shape index (κ3) is 2.78. The molecule has 136 valence electrons. The third-order valence-electron chi connectivity index (χ3n) is 5.09. The molecule has 2 N–H and O–H groups in total. The number of benzene rings is 2. The van der Waals surface area contributed by atoms with Crippen LogP contribution in [0.4, 0.5) is 15.2 Å². The molecule has 1 aliphatic carbocycles. The van der Waals surface area contributed by atoms with Gasteiger partial charge in [0, 0.05) is 5.69 Å². The van der Waals surface area contributed by atoms with Crippen LogP contribution < -0.4 is 10.6 Å². The molecule has 0 radical (unpaired) electrons. The van der Waals surface area contributed by atoms with E-state index in [0.29, 0.717) is 18.0 Å². The smallest absolute Gasteiger partial charge is 0.232 e. The minimum Gasteiger partial charge on any atom is -0.326 e. The van der Waals surface area contributed by atoms with Gasteiger partial charge in [-0.15, -0.1) is 0 Å². The normalized spacial score (nSPS) is 20.4. The topological polar surface area (TPSA) is 71.1 Å². The highest BCUT2D eigenvalue weighted by Crippen LogP contribution is 2.39. The summed E-state index contributed by atoms with van der Waals surface area (Å²) >= 11 is 1.37. The van der Waals surface area contributed by atoms with Gasteiger partial charge < -0.3 is 10.6 Å². The van der Waals surface area contributed by atoms with Crippen molar-refractivity contribution in [2.24, 2.45) is 5.92 Å². The Morgan fingerprint density at radius 2 is 2.15 bits per heavy atom. The lowest BCUT2D eigenvalue weighted by Crippen LogP contribution is -2.14. The van der Waals surface area contributed by atoms with Gasteiger partial charge in [-0.2, -0.15) is 0 Å². The Balaban J connectivity index is 1.52. The van der Waals surface area contributed by atoms with Crippen LogP contribution in [-0.4, -0.2) is 23.0 Å². The fourth-order valence-corrected chi connectivity index (χ4v) is 4.50. The van der Waals surface area contributed by atoms with Gasteiger partial charge in [0.15, 0.2) is 5.13 Å². The third-order valence-corrected chi connectivity index (χ3v) is 6.02. The van der Waals surface area contributed by atoms with Crippen molar-refractivity contribution in [2.45, 2.75) is 25.9 Å². The molecule has 1 fully saturated rings. The van der Waals surface area contributed by atoms with E-state index < -0.39 is 12.1 Å². The Kier molecular flexibility index (Phi) is 3.55.